The van der Waals surface area contributed by atoms with Crippen LogP contribution in [0.15, 0.2) is 56.7 Å². The van der Waals surface area contributed by atoms with E-state index in [1.807, 2.05) is 24.3 Å². The van der Waals surface area contributed by atoms with E-state index >= 15 is 0 Å². The van der Waals surface area contributed by atoms with E-state index in [2.05, 4.69) is 21.0 Å². The second-order valence-electron chi connectivity index (χ2n) is 5.43. The Bertz CT molecular complexity index is 768. The topological polar surface area (TPSA) is 83.1 Å². The number of carboxylic acid groups (broad SMARTS) is 1. The molecule has 0 unspecified atom stereocenters. The molecule has 1 N–H and O–H groups in total. The maximum atomic E-state index is 12.4. The number of rotatable bonds is 5. The number of hydrogen-bond acceptors (Lipinski definition) is 4. The SMILES string of the molecule is O=C(O)CCC(=O)N1N=C(c2ccco2)C[C@@H]1c1ccc(Br)cc1. The van der Waals surface area contributed by atoms with Gasteiger partial charge in [-0.05, 0) is 29.8 Å². The number of carboxylic acids is 1. The average molecular weight is 391 g/mol. The van der Waals surface area contributed by atoms with Gasteiger partial charge in [-0.3, -0.25) is 9.59 Å². The third kappa shape index (κ3) is 3.56. The summed E-state index contributed by atoms with van der Waals surface area (Å²) in [6.45, 7) is 0. The number of hydrogen-bond donors (Lipinski definition) is 1. The number of benzene rings is 1. The van der Waals surface area contributed by atoms with Crippen LogP contribution >= 0.6 is 15.9 Å². The van der Waals surface area contributed by atoms with Crippen molar-refractivity contribution in [1.29, 1.82) is 0 Å². The highest BCUT2D eigenvalue weighted by atomic mass is 79.9. The van der Waals surface area contributed by atoms with Crippen molar-refractivity contribution in [2.75, 3.05) is 0 Å². The Balaban J connectivity index is 1.87. The van der Waals surface area contributed by atoms with Gasteiger partial charge in [-0.1, -0.05) is 28.1 Å². The summed E-state index contributed by atoms with van der Waals surface area (Å²) in [6.07, 6.45) is 1.78. The highest BCUT2D eigenvalue weighted by Gasteiger charge is 2.33. The maximum Gasteiger partial charge on any atom is 0.303 e. The Labute approximate surface area is 146 Å². The molecule has 6 nitrogen and oxygen atoms in total. The van der Waals surface area contributed by atoms with Crippen molar-refractivity contribution >= 4 is 33.5 Å². The number of carbonyl (C=O) groups excluding carboxylic acids is 1. The number of carbonyl (C=O) groups is 2. The molecule has 1 aliphatic rings. The minimum absolute atomic E-state index is 0.0860. The predicted octanol–water partition coefficient (Wildman–Crippen LogP) is 3.58. The molecular weight excluding hydrogens is 376 g/mol. The van der Waals surface area contributed by atoms with Gasteiger partial charge < -0.3 is 9.52 Å². The van der Waals surface area contributed by atoms with Crippen molar-refractivity contribution in [2.24, 2.45) is 5.10 Å². The lowest BCUT2D eigenvalue weighted by Crippen LogP contribution is -2.27. The number of nitrogens with zero attached hydrogens (tertiary/aromatic N) is 2. The lowest BCUT2D eigenvalue weighted by Gasteiger charge is -2.21. The lowest BCUT2D eigenvalue weighted by molar-refractivity contribution is -0.141. The summed E-state index contributed by atoms with van der Waals surface area (Å²) >= 11 is 3.39. The highest BCUT2D eigenvalue weighted by Crippen LogP contribution is 2.34. The van der Waals surface area contributed by atoms with E-state index in [9.17, 15) is 9.59 Å². The van der Waals surface area contributed by atoms with Gasteiger partial charge in [0.25, 0.3) is 0 Å². The van der Waals surface area contributed by atoms with Crippen LogP contribution in [-0.4, -0.2) is 27.7 Å². The van der Waals surface area contributed by atoms with Crippen molar-refractivity contribution < 1.29 is 19.1 Å². The van der Waals surface area contributed by atoms with Gasteiger partial charge in [-0.25, -0.2) is 5.01 Å². The number of furan rings is 1. The Hall–Kier alpha value is -2.41. The Morgan fingerprint density at radius 3 is 2.62 bits per heavy atom. The second-order valence-corrected chi connectivity index (χ2v) is 6.34. The summed E-state index contributed by atoms with van der Waals surface area (Å²) in [7, 11) is 0. The largest absolute Gasteiger partial charge is 0.481 e. The van der Waals surface area contributed by atoms with Crippen molar-refractivity contribution in [3.05, 3.63) is 58.5 Å². The average Bonchev–Trinajstić information content (AvgIpc) is 3.22. The number of amides is 1. The van der Waals surface area contributed by atoms with Crippen molar-refractivity contribution in [1.82, 2.24) is 5.01 Å². The Morgan fingerprint density at radius 2 is 2.00 bits per heavy atom. The molecule has 1 aliphatic heterocycles. The van der Waals surface area contributed by atoms with Crippen molar-refractivity contribution in [3.63, 3.8) is 0 Å². The van der Waals surface area contributed by atoms with Gasteiger partial charge in [0.2, 0.25) is 5.91 Å². The van der Waals surface area contributed by atoms with Crippen molar-refractivity contribution in [2.45, 2.75) is 25.3 Å². The van der Waals surface area contributed by atoms with E-state index in [1.165, 1.54) is 5.01 Å². The fraction of sp³-hybridized carbons (Fsp3) is 0.235. The first-order valence-electron chi connectivity index (χ1n) is 7.45. The first-order valence-corrected chi connectivity index (χ1v) is 8.24. The minimum Gasteiger partial charge on any atom is -0.481 e. The second kappa shape index (κ2) is 7.00. The molecule has 0 fully saturated rings. The first-order chi connectivity index (χ1) is 11.5. The van der Waals surface area contributed by atoms with Crippen LogP contribution in [0.1, 0.15) is 36.6 Å². The van der Waals surface area contributed by atoms with Crippen LogP contribution in [0.5, 0.6) is 0 Å². The summed E-state index contributed by atoms with van der Waals surface area (Å²) in [6, 6.07) is 10.9. The third-order valence-electron chi connectivity index (χ3n) is 3.78. The van der Waals surface area contributed by atoms with Crippen LogP contribution in [-0.2, 0) is 9.59 Å². The third-order valence-corrected chi connectivity index (χ3v) is 4.31. The number of aliphatic carboxylic acids is 1. The van der Waals surface area contributed by atoms with E-state index in [4.69, 9.17) is 9.52 Å². The summed E-state index contributed by atoms with van der Waals surface area (Å²) < 4.78 is 6.32. The number of hydrazone groups is 1. The zero-order valence-electron chi connectivity index (χ0n) is 12.7. The van der Waals surface area contributed by atoms with Gasteiger partial charge in [0, 0.05) is 17.3 Å². The molecule has 0 saturated heterocycles. The first kappa shape index (κ1) is 16.4. The fourth-order valence-corrected chi connectivity index (χ4v) is 2.87. The normalized spacial score (nSPS) is 17.0. The monoisotopic (exact) mass is 390 g/mol. The molecule has 0 radical (unpaired) electrons. The summed E-state index contributed by atoms with van der Waals surface area (Å²) in [5.41, 5.74) is 1.61. The van der Waals surface area contributed by atoms with Crippen LogP contribution in [0, 0.1) is 0 Å². The van der Waals surface area contributed by atoms with Gasteiger partial charge in [0.1, 0.15) is 11.5 Å². The van der Waals surface area contributed by atoms with Gasteiger partial charge in [-0.15, -0.1) is 0 Å². The van der Waals surface area contributed by atoms with Gasteiger partial charge in [0.15, 0.2) is 0 Å². The van der Waals surface area contributed by atoms with E-state index in [0.29, 0.717) is 17.9 Å². The van der Waals surface area contributed by atoms with Crippen LogP contribution in [0.2, 0.25) is 0 Å². The molecule has 7 heteroatoms. The van der Waals surface area contributed by atoms with Crippen LogP contribution < -0.4 is 0 Å². The molecule has 24 heavy (non-hydrogen) atoms. The molecule has 1 amide bonds. The smallest absolute Gasteiger partial charge is 0.303 e. The molecule has 1 aromatic heterocycles. The molecule has 0 spiro atoms. The molecular formula is C17H15BrN2O4. The molecule has 3 rings (SSSR count). The van der Waals surface area contributed by atoms with Crippen LogP contribution in [0.4, 0.5) is 0 Å². The van der Waals surface area contributed by atoms with Gasteiger partial charge in [0.05, 0.1) is 18.7 Å². The molecule has 0 bridgehead atoms. The van der Waals surface area contributed by atoms with Crippen molar-refractivity contribution in [3.8, 4) is 0 Å². The molecule has 0 saturated carbocycles. The Kier molecular flexibility index (Phi) is 4.80. The molecule has 2 aromatic rings. The molecule has 0 aliphatic carbocycles. The molecule has 2 heterocycles. The minimum atomic E-state index is -1.00. The summed E-state index contributed by atoms with van der Waals surface area (Å²) in [5.74, 6) is -0.699. The fourth-order valence-electron chi connectivity index (χ4n) is 2.60. The highest BCUT2D eigenvalue weighted by molar-refractivity contribution is 9.10. The van der Waals surface area contributed by atoms with Crippen LogP contribution in [0.25, 0.3) is 0 Å². The van der Waals surface area contributed by atoms with E-state index in [0.717, 1.165) is 10.0 Å². The number of halogens is 1. The van der Waals surface area contributed by atoms with E-state index < -0.39 is 5.97 Å². The zero-order chi connectivity index (χ0) is 17.1. The standard InChI is InChI=1S/C17H15BrN2O4/c18-12-5-3-11(4-6-12)14-10-13(15-2-1-9-24-15)19-20(14)16(21)7-8-17(22)23/h1-6,9,14H,7-8,10H2,(H,22,23)/t14-/m1/s1. The van der Waals surface area contributed by atoms with Gasteiger partial charge >= 0.3 is 5.97 Å². The Morgan fingerprint density at radius 1 is 1.25 bits per heavy atom. The van der Waals surface area contributed by atoms with Gasteiger partial charge in [-0.2, -0.15) is 5.10 Å². The van der Waals surface area contributed by atoms with Crippen LogP contribution in [0.3, 0.4) is 0 Å². The maximum absolute atomic E-state index is 12.4. The quantitative estimate of drug-likeness (QED) is 0.845. The molecule has 1 aromatic carbocycles. The van der Waals surface area contributed by atoms with E-state index in [1.54, 1.807) is 18.4 Å². The lowest BCUT2D eigenvalue weighted by atomic mass is 10.0. The molecule has 124 valence electrons. The predicted molar refractivity (Wildman–Crippen MR) is 90.5 cm³/mol. The summed E-state index contributed by atoms with van der Waals surface area (Å²) in [4.78, 5) is 23.2. The van der Waals surface area contributed by atoms with E-state index in [-0.39, 0.29) is 24.8 Å². The zero-order valence-corrected chi connectivity index (χ0v) is 14.3. The molecule has 1 atom stereocenters. The summed E-state index contributed by atoms with van der Waals surface area (Å²) in [5, 5.41) is 14.6.